The fourth-order valence-electron chi connectivity index (χ4n) is 0.954. The molecule has 0 saturated heterocycles. The quantitative estimate of drug-likeness (QED) is 0.653. The number of rotatable bonds is 6. The number of nitrogens with one attached hydrogen (secondary N) is 1. The van der Waals surface area contributed by atoms with Crippen LogP contribution in [0.3, 0.4) is 0 Å². The first-order chi connectivity index (χ1) is 6.60. The third-order valence-electron chi connectivity index (χ3n) is 2.36. The molecule has 0 radical (unpaired) electrons. The highest BCUT2D eigenvalue weighted by atomic mass is 16.5. The predicted octanol–water partition coefficient (Wildman–Crippen LogP) is 1.22. The zero-order chi connectivity index (χ0) is 11.0. The summed E-state index contributed by atoms with van der Waals surface area (Å²) in [6, 6.07) is 2.03. The van der Waals surface area contributed by atoms with E-state index in [1.807, 2.05) is 13.0 Å². The van der Waals surface area contributed by atoms with Crippen LogP contribution < -0.4 is 5.32 Å². The molecule has 0 saturated carbocycles. The van der Waals surface area contributed by atoms with Gasteiger partial charge in [0.05, 0.1) is 6.07 Å². The van der Waals surface area contributed by atoms with Crippen molar-refractivity contribution < 1.29 is 9.53 Å². The summed E-state index contributed by atoms with van der Waals surface area (Å²) in [5.74, 6) is -0.111. The lowest BCUT2D eigenvalue weighted by Crippen LogP contribution is -2.45. The highest BCUT2D eigenvalue weighted by molar-refractivity contribution is 5.84. The van der Waals surface area contributed by atoms with Gasteiger partial charge in [-0.25, -0.2) is 0 Å². The van der Waals surface area contributed by atoms with E-state index in [1.165, 1.54) is 7.11 Å². The van der Waals surface area contributed by atoms with Crippen molar-refractivity contribution in [2.24, 2.45) is 0 Å². The highest BCUT2D eigenvalue weighted by Crippen LogP contribution is 2.13. The van der Waals surface area contributed by atoms with Crippen LogP contribution in [0, 0.1) is 11.3 Å². The Bertz CT molecular complexity index is 217. The lowest BCUT2D eigenvalue weighted by atomic mass is 10.0. The van der Waals surface area contributed by atoms with Crippen molar-refractivity contribution in [1.82, 2.24) is 5.32 Å². The number of carbonyl (C=O) groups excluding carboxylic acids is 1. The normalized spacial score (nSPS) is 14.1. The molecular weight excluding hydrogens is 180 g/mol. The molecule has 0 aliphatic rings. The highest BCUT2D eigenvalue weighted by Gasteiger charge is 2.30. The first kappa shape index (κ1) is 12.9. The number of carbonyl (C=O) groups is 1. The van der Waals surface area contributed by atoms with Crippen LogP contribution in [0.1, 0.15) is 33.1 Å². The van der Waals surface area contributed by atoms with Crippen molar-refractivity contribution >= 4 is 5.91 Å². The molecular formula is C10H18N2O2. The van der Waals surface area contributed by atoms with Gasteiger partial charge in [0.2, 0.25) is 0 Å². The number of unbranched alkanes of at least 4 members (excludes halogenated alkanes) is 1. The van der Waals surface area contributed by atoms with E-state index in [9.17, 15) is 4.79 Å². The van der Waals surface area contributed by atoms with E-state index < -0.39 is 5.60 Å². The lowest BCUT2D eigenvalue weighted by molar-refractivity contribution is -0.141. The van der Waals surface area contributed by atoms with Gasteiger partial charge in [-0.15, -0.1) is 0 Å². The number of ether oxygens (including phenoxy) is 1. The molecule has 0 rings (SSSR count). The lowest BCUT2D eigenvalue weighted by Gasteiger charge is -2.25. The molecule has 0 aliphatic heterocycles. The van der Waals surface area contributed by atoms with Gasteiger partial charge < -0.3 is 10.1 Å². The van der Waals surface area contributed by atoms with Gasteiger partial charge >= 0.3 is 0 Å². The van der Waals surface area contributed by atoms with E-state index in [2.05, 4.69) is 5.32 Å². The Kier molecular flexibility index (Phi) is 5.89. The smallest absolute Gasteiger partial charge is 0.251 e. The molecule has 0 fully saturated rings. The molecule has 4 nitrogen and oxygen atoms in total. The second-order valence-corrected chi connectivity index (χ2v) is 3.31. The molecule has 1 atom stereocenters. The van der Waals surface area contributed by atoms with E-state index in [-0.39, 0.29) is 5.91 Å². The first-order valence-corrected chi connectivity index (χ1v) is 4.81. The molecule has 0 bridgehead atoms. The zero-order valence-corrected chi connectivity index (χ0v) is 9.09. The van der Waals surface area contributed by atoms with Gasteiger partial charge in [-0.2, -0.15) is 5.26 Å². The summed E-state index contributed by atoms with van der Waals surface area (Å²) >= 11 is 0. The van der Waals surface area contributed by atoms with Gasteiger partial charge in [0.1, 0.15) is 5.60 Å². The zero-order valence-electron chi connectivity index (χ0n) is 9.09. The molecule has 1 unspecified atom stereocenters. The Labute approximate surface area is 85.2 Å². The summed E-state index contributed by atoms with van der Waals surface area (Å²) in [5.41, 5.74) is -0.743. The SMILES string of the molecule is CCC(C)(OC)C(=O)NCCCC#N. The van der Waals surface area contributed by atoms with Crippen molar-refractivity contribution in [3.05, 3.63) is 0 Å². The number of methoxy groups -OCH3 is 1. The largest absolute Gasteiger partial charge is 0.369 e. The van der Waals surface area contributed by atoms with Gasteiger partial charge in [0, 0.05) is 20.1 Å². The number of hydrogen-bond donors (Lipinski definition) is 1. The summed E-state index contributed by atoms with van der Waals surface area (Å²) in [5, 5.41) is 11.0. The van der Waals surface area contributed by atoms with E-state index in [0.29, 0.717) is 25.8 Å². The van der Waals surface area contributed by atoms with Crippen LogP contribution in [0.15, 0.2) is 0 Å². The maximum Gasteiger partial charge on any atom is 0.251 e. The van der Waals surface area contributed by atoms with Crippen molar-refractivity contribution in [3.8, 4) is 6.07 Å². The molecule has 0 aromatic carbocycles. The van der Waals surface area contributed by atoms with Crippen LogP contribution in [0.5, 0.6) is 0 Å². The maximum atomic E-state index is 11.6. The molecule has 0 heterocycles. The molecule has 0 spiro atoms. The van der Waals surface area contributed by atoms with Crippen LogP contribution in [-0.4, -0.2) is 25.2 Å². The fourth-order valence-corrected chi connectivity index (χ4v) is 0.954. The minimum atomic E-state index is -0.743. The average molecular weight is 198 g/mol. The van der Waals surface area contributed by atoms with Crippen LogP contribution in [0.4, 0.5) is 0 Å². The Morgan fingerprint density at radius 3 is 2.71 bits per heavy atom. The van der Waals surface area contributed by atoms with E-state index in [1.54, 1.807) is 6.92 Å². The average Bonchev–Trinajstić information content (AvgIpc) is 2.22. The number of nitrogens with zero attached hydrogens (tertiary/aromatic N) is 1. The van der Waals surface area contributed by atoms with Gasteiger partial charge in [-0.05, 0) is 19.8 Å². The first-order valence-electron chi connectivity index (χ1n) is 4.81. The topological polar surface area (TPSA) is 62.1 Å². The predicted molar refractivity (Wildman–Crippen MR) is 53.6 cm³/mol. The van der Waals surface area contributed by atoms with E-state index in [0.717, 1.165) is 0 Å². The molecule has 1 N–H and O–H groups in total. The minimum Gasteiger partial charge on any atom is -0.369 e. The molecule has 14 heavy (non-hydrogen) atoms. The van der Waals surface area contributed by atoms with Crippen LogP contribution in [-0.2, 0) is 9.53 Å². The monoisotopic (exact) mass is 198 g/mol. The fraction of sp³-hybridized carbons (Fsp3) is 0.800. The third-order valence-corrected chi connectivity index (χ3v) is 2.36. The van der Waals surface area contributed by atoms with Crippen LogP contribution in [0.25, 0.3) is 0 Å². The number of hydrogen-bond acceptors (Lipinski definition) is 3. The van der Waals surface area contributed by atoms with Crippen LogP contribution in [0.2, 0.25) is 0 Å². The Morgan fingerprint density at radius 2 is 2.29 bits per heavy atom. The minimum absolute atomic E-state index is 0.111. The summed E-state index contributed by atoms with van der Waals surface area (Å²) in [6.07, 6.45) is 1.79. The second-order valence-electron chi connectivity index (χ2n) is 3.31. The Morgan fingerprint density at radius 1 is 1.64 bits per heavy atom. The molecule has 80 valence electrons. The summed E-state index contributed by atoms with van der Waals surface area (Å²) in [7, 11) is 1.53. The third kappa shape index (κ3) is 3.75. The molecule has 0 aromatic heterocycles. The van der Waals surface area contributed by atoms with Crippen LogP contribution >= 0.6 is 0 Å². The van der Waals surface area contributed by atoms with E-state index in [4.69, 9.17) is 10.00 Å². The number of nitriles is 1. The van der Waals surface area contributed by atoms with E-state index >= 15 is 0 Å². The standard InChI is InChI=1S/C10H18N2O2/c1-4-10(2,14-3)9(13)12-8-6-5-7-11/h4-6,8H2,1-3H3,(H,12,13). The van der Waals surface area contributed by atoms with Crippen molar-refractivity contribution in [2.75, 3.05) is 13.7 Å². The van der Waals surface area contributed by atoms with Crippen molar-refractivity contribution in [1.29, 1.82) is 5.26 Å². The number of amides is 1. The molecule has 4 heteroatoms. The molecule has 0 aromatic rings. The summed E-state index contributed by atoms with van der Waals surface area (Å²) in [4.78, 5) is 11.6. The molecule has 1 amide bonds. The van der Waals surface area contributed by atoms with Crippen molar-refractivity contribution in [3.63, 3.8) is 0 Å². The Balaban J connectivity index is 3.89. The maximum absolute atomic E-state index is 11.6. The van der Waals surface area contributed by atoms with Gasteiger partial charge in [-0.1, -0.05) is 6.92 Å². The summed E-state index contributed by atoms with van der Waals surface area (Å²) in [6.45, 7) is 4.19. The summed E-state index contributed by atoms with van der Waals surface area (Å²) < 4.78 is 5.13. The molecule has 0 aliphatic carbocycles. The van der Waals surface area contributed by atoms with Gasteiger partial charge in [0.25, 0.3) is 5.91 Å². The Hall–Kier alpha value is -1.08. The second kappa shape index (κ2) is 6.39. The van der Waals surface area contributed by atoms with Gasteiger partial charge in [0.15, 0.2) is 0 Å². The van der Waals surface area contributed by atoms with Crippen molar-refractivity contribution in [2.45, 2.75) is 38.7 Å². The van der Waals surface area contributed by atoms with Gasteiger partial charge in [-0.3, -0.25) is 4.79 Å².